The highest BCUT2D eigenvalue weighted by Crippen LogP contribution is 2.28. The van der Waals surface area contributed by atoms with Crippen LogP contribution >= 0.6 is 0 Å². The molecule has 0 bridgehead atoms. The molecule has 0 aromatic rings. The molecule has 0 aromatic heterocycles. The first-order chi connectivity index (χ1) is 10.1. The summed E-state index contributed by atoms with van der Waals surface area (Å²) in [4.78, 5) is 0. The Morgan fingerprint density at radius 1 is 1.10 bits per heavy atom. The Hall–Kier alpha value is -0.170. The van der Waals surface area contributed by atoms with Gasteiger partial charge in [0.05, 0.1) is 0 Å². The van der Waals surface area contributed by atoms with Gasteiger partial charge in [0.15, 0.2) is 0 Å². The van der Waals surface area contributed by atoms with Gasteiger partial charge in [-0.25, -0.2) is 0 Å². The SMILES string of the molecule is CCC1CCCCC1NS(=O)(=O)N1CCC(CNC)CC1. The quantitative estimate of drug-likeness (QED) is 0.784. The lowest BCUT2D eigenvalue weighted by Gasteiger charge is -2.35. The van der Waals surface area contributed by atoms with Gasteiger partial charge in [-0.05, 0) is 51.1 Å². The van der Waals surface area contributed by atoms with Gasteiger partial charge in [0, 0.05) is 19.1 Å². The normalized spacial score (nSPS) is 29.6. The van der Waals surface area contributed by atoms with Crippen molar-refractivity contribution in [2.75, 3.05) is 26.7 Å². The molecule has 6 heteroatoms. The maximum atomic E-state index is 12.6. The Kier molecular flexibility index (Phi) is 6.47. The fraction of sp³-hybridized carbons (Fsp3) is 1.00. The molecule has 0 aromatic carbocycles. The number of rotatable bonds is 6. The molecule has 2 rings (SSSR count). The average molecular weight is 317 g/mol. The molecule has 0 amide bonds. The molecule has 0 radical (unpaired) electrons. The smallest absolute Gasteiger partial charge is 0.279 e. The Morgan fingerprint density at radius 2 is 1.76 bits per heavy atom. The molecular formula is C15H31N3O2S. The highest BCUT2D eigenvalue weighted by atomic mass is 32.2. The van der Waals surface area contributed by atoms with Gasteiger partial charge >= 0.3 is 0 Å². The van der Waals surface area contributed by atoms with Gasteiger partial charge in [-0.2, -0.15) is 17.4 Å². The van der Waals surface area contributed by atoms with Crippen molar-refractivity contribution in [2.45, 2.75) is 57.9 Å². The Morgan fingerprint density at radius 3 is 2.38 bits per heavy atom. The van der Waals surface area contributed by atoms with Gasteiger partial charge in [-0.15, -0.1) is 0 Å². The van der Waals surface area contributed by atoms with Crippen molar-refractivity contribution in [3.8, 4) is 0 Å². The van der Waals surface area contributed by atoms with Crippen molar-refractivity contribution in [3.05, 3.63) is 0 Å². The van der Waals surface area contributed by atoms with E-state index in [2.05, 4.69) is 17.0 Å². The molecule has 0 spiro atoms. The minimum atomic E-state index is -3.30. The number of piperidine rings is 1. The third kappa shape index (κ3) is 4.65. The minimum absolute atomic E-state index is 0.142. The third-order valence-electron chi connectivity index (χ3n) is 5.14. The second kappa shape index (κ2) is 7.90. The molecule has 1 aliphatic heterocycles. The van der Waals surface area contributed by atoms with Gasteiger partial charge in [0.25, 0.3) is 10.2 Å². The Balaban J connectivity index is 1.89. The molecule has 1 aliphatic carbocycles. The van der Waals surface area contributed by atoms with Crippen LogP contribution in [0.2, 0.25) is 0 Å². The molecule has 5 nitrogen and oxygen atoms in total. The van der Waals surface area contributed by atoms with E-state index in [0.717, 1.165) is 45.1 Å². The molecule has 2 N–H and O–H groups in total. The van der Waals surface area contributed by atoms with E-state index >= 15 is 0 Å². The van der Waals surface area contributed by atoms with Crippen molar-refractivity contribution in [3.63, 3.8) is 0 Å². The first-order valence-corrected chi connectivity index (χ1v) is 9.92. The molecule has 1 heterocycles. The van der Waals surface area contributed by atoms with Gasteiger partial charge in [-0.3, -0.25) is 0 Å². The summed E-state index contributed by atoms with van der Waals surface area (Å²) in [6.45, 7) is 4.47. The van der Waals surface area contributed by atoms with E-state index in [0.29, 0.717) is 24.9 Å². The maximum Gasteiger partial charge on any atom is 0.279 e. The van der Waals surface area contributed by atoms with Crippen LogP contribution in [0.25, 0.3) is 0 Å². The second-order valence-corrected chi connectivity index (χ2v) is 8.28. The third-order valence-corrected chi connectivity index (χ3v) is 6.79. The van der Waals surface area contributed by atoms with Crippen molar-refractivity contribution >= 4 is 10.2 Å². The van der Waals surface area contributed by atoms with E-state index in [1.165, 1.54) is 6.42 Å². The lowest BCUT2D eigenvalue weighted by atomic mass is 9.83. The predicted molar refractivity (Wildman–Crippen MR) is 86.3 cm³/mol. The van der Waals surface area contributed by atoms with Crippen LogP contribution in [0.1, 0.15) is 51.9 Å². The number of nitrogens with zero attached hydrogens (tertiary/aromatic N) is 1. The van der Waals surface area contributed by atoms with Crippen molar-refractivity contribution in [2.24, 2.45) is 11.8 Å². The van der Waals surface area contributed by atoms with Gasteiger partial charge in [0.1, 0.15) is 0 Å². The molecule has 2 aliphatic rings. The molecular weight excluding hydrogens is 286 g/mol. The molecule has 1 saturated carbocycles. The monoisotopic (exact) mass is 317 g/mol. The van der Waals surface area contributed by atoms with Crippen LogP contribution in [0.15, 0.2) is 0 Å². The standard InChI is InChI=1S/C15H31N3O2S/c1-3-14-6-4-5-7-15(14)17-21(19,20)18-10-8-13(9-11-18)12-16-2/h13-17H,3-12H2,1-2H3. The van der Waals surface area contributed by atoms with Crippen molar-refractivity contribution in [1.29, 1.82) is 0 Å². The number of hydrogen-bond donors (Lipinski definition) is 2. The molecule has 1 saturated heterocycles. The summed E-state index contributed by atoms with van der Waals surface area (Å²) in [5, 5.41) is 3.19. The zero-order valence-electron chi connectivity index (χ0n) is 13.5. The summed E-state index contributed by atoms with van der Waals surface area (Å²) in [6, 6.07) is 0.142. The lowest BCUT2D eigenvalue weighted by Crippen LogP contribution is -2.51. The van der Waals surface area contributed by atoms with E-state index in [1.54, 1.807) is 4.31 Å². The first kappa shape index (κ1) is 17.2. The molecule has 2 atom stereocenters. The highest BCUT2D eigenvalue weighted by Gasteiger charge is 2.32. The average Bonchev–Trinajstić information content (AvgIpc) is 2.48. The van der Waals surface area contributed by atoms with E-state index < -0.39 is 10.2 Å². The second-order valence-electron chi connectivity index (χ2n) is 6.58. The zero-order chi connectivity index (χ0) is 15.3. The fourth-order valence-corrected chi connectivity index (χ4v) is 5.29. The van der Waals surface area contributed by atoms with E-state index in [9.17, 15) is 8.42 Å². The summed E-state index contributed by atoms with van der Waals surface area (Å²) < 4.78 is 29.8. The number of hydrogen-bond acceptors (Lipinski definition) is 3. The summed E-state index contributed by atoms with van der Waals surface area (Å²) in [7, 11) is -1.34. The summed E-state index contributed by atoms with van der Waals surface area (Å²) in [5.74, 6) is 1.12. The van der Waals surface area contributed by atoms with Crippen molar-refractivity contribution < 1.29 is 8.42 Å². The zero-order valence-corrected chi connectivity index (χ0v) is 14.3. The minimum Gasteiger partial charge on any atom is -0.319 e. The molecule has 124 valence electrons. The summed E-state index contributed by atoms with van der Waals surface area (Å²) in [6.07, 6.45) is 7.53. The lowest BCUT2D eigenvalue weighted by molar-refractivity contribution is 0.251. The first-order valence-electron chi connectivity index (χ1n) is 8.48. The van der Waals surface area contributed by atoms with E-state index in [4.69, 9.17) is 0 Å². The van der Waals surface area contributed by atoms with Crippen LogP contribution in [0, 0.1) is 11.8 Å². The van der Waals surface area contributed by atoms with Gasteiger partial charge in [0.2, 0.25) is 0 Å². The number of nitrogens with one attached hydrogen (secondary N) is 2. The molecule has 21 heavy (non-hydrogen) atoms. The maximum absolute atomic E-state index is 12.6. The van der Waals surface area contributed by atoms with Crippen LogP contribution in [-0.2, 0) is 10.2 Å². The van der Waals surface area contributed by atoms with Crippen LogP contribution in [0.5, 0.6) is 0 Å². The Bertz CT molecular complexity index is 405. The van der Waals surface area contributed by atoms with E-state index in [-0.39, 0.29) is 6.04 Å². The van der Waals surface area contributed by atoms with Gasteiger partial charge in [-0.1, -0.05) is 26.2 Å². The Labute approximate surface area is 130 Å². The molecule has 2 fully saturated rings. The fourth-order valence-electron chi connectivity index (χ4n) is 3.76. The largest absolute Gasteiger partial charge is 0.319 e. The van der Waals surface area contributed by atoms with Crippen LogP contribution in [0.3, 0.4) is 0 Å². The summed E-state index contributed by atoms with van der Waals surface area (Å²) >= 11 is 0. The van der Waals surface area contributed by atoms with Crippen LogP contribution < -0.4 is 10.0 Å². The van der Waals surface area contributed by atoms with Crippen LogP contribution in [0.4, 0.5) is 0 Å². The molecule has 2 unspecified atom stereocenters. The van der Waals surface area contributed by atoms with Gasteiger partial charge < -0.3 is 5.32 Å². The topological polar surface area (TPSA) is 61.4 Å². The van der Waals surface area contributed by atoms with Crippen LogP contribution in [-0.4, -0.2) is 45.4 Å². The van der Waals surface area contributed by atoms with E-state index in [1.807, 2.05) is 7.05 Å². The predicted octanol–water partition coefficient (Wildman–Crippen LogP) is 1.72. The highest BCUT2D eigenvalue weighted by molar-refractivity contribution is 7.87. The van der Waals surface area contributed by atoms with Crippen molar-refractivity contribution in [1.82, 2.24) is 14.3 Å². The summed E-state index contributed by atoms with van der Waals surface area (Å²) in [5.41, 5.74) is 0.